The van der Waals surface area contributed by atoms with Crippen LogP contribution in [0.15, 0.2) is 144 Å². The molecule has 0 bridgehead atoms. The molecule has 6 nitrogen and oxygen atoms in total. The zero-order chi connectivity index (χ0) is 31.6. The minimum absolute atomic E-state index is 0.00849. The average molecular weight is 616 g/mol. The summed E-state index contributed by atoms with van der Waals surface area (Å²) >= 11 is 1.39. The van der Waals surface area contributed by atoms with E-state index in [2.05, 4.69) is 16.0 Å². The average Bonchev–Trinajstić information content (AvgIpc) is 3.06. The molecule has 1 unspecified atom stereocenters. The van der Waals surface area contributed by atoms with Gasteiger partial charge in [-0.25, -0.2) is 4.39 Å². The number of amides is 3. The molecule has 45 heavy (non-hydrogen) atoms. The number of carbonyl (C=O) groups is 3. The standard InChI is InChI=1S/C37H30FN3O3S/c1-25-12-18-30(19-13-25)40-37(44)34(27-8-4-2-5-9-27)45-32-22-20-31(21-23-32)39-36(43)33(24-26-14-16-29(38)17-15-26)41-35(42)28-10-6-3-7-11-28/h2-24,34H,1H3,(H,39,43)(H,40,44)(H,41,42)/b33-24-. The molecule has 0 fully saturated rings. The smallest absolute Gasteiger partial charge is 0.272 e. The van der Waals surface area contributed by atoms with Crippen molar-refractivity contribution in [2.45, 2.75) is 17.1 Å². The molecular formula is C37H30FN3O3S. The van der Waals surface area contributed by atoms with E-state index in [-0.39, 0.29) is 11.6 Å². The molecule has 224 valence electrons. The zero-order valence-electron chi connectivity index (χ0n) is 24.4. The summed E-state index contributed by atoms with van der Waals surface area (Å²) in [5.74, 6) is -1.57. The van der Waals surface area contributed by atoms with Crippen molar-refractivity contribution in [3.8, 4) is 0 Å². The first-order valence-electron chi connectivity index (χ1n) is 14.2. The van der Waals surface area contributed by atoms with E-state index in [1.54, 1.807) is 42.5 Å². The molecule has 0 aliphatic carbocycles. The van der Waals surface area contributed by atoms with Gasteiger partial charge in [0.2, 0.25) is 5.91 Å². The molecule has 0 aliphatic rings. The van der Waals surface area contributed by atoms with Gasteiger partial charge in [-0.2, -0.15) is 0 Å². The van der Waals surface area contributed by atoms with Gasteiger partial charge in [-0.1, -0.05) is 78.4 Å². The molecule has 8 heteroatoms. The van der Waals surface area contributed by atoms with Crippen LogP contribution in [0.3, 0.4) is 0 Å². The van der Waals surface area contributed by atoms with Crippen LogP contribution in [0.1, 0.15) is 32.3 Å². The van der Waals surface area contributed by atoms with Gasteiger partial charge in [0.25, 0.3) is 11.8 Å². The predicted molar refractivity (Wildman–Crippen MR) is 178 cm³/mol. The summed E-state index contributed by atoms with van der Waals surface area (Å²) in [6, 6.07) is 38.4. The highest BCUT2D eigenvalue weighted by atomic mass is 32.2. The van der Waals surface area contributed by atoms with E-state index in [0.29, 0.717) is 22.5 Å². The van der Waals surface area contributed by atoms with Crippen LogP contribution in [0.25, 0.3) is 6.08 Å². The molecule has 0 heterocycles. The molecule has 1 atom stereocenters. The van der Waals surface area contributed by atoms with Crippen molar-refractivity contribution >= 4 is 46.9 Å². The van der Waals surface area contributed by atoms with Gasteiger partial charge in [0.1, 0.15) is 16.8 Å². The minimum Gasteiger partial charge on any atom is -0.325 e. The Balaban J connectivity index is 1.32. The number of hydrogen-bond donors (Lipinski definition) is 3. The van der Waals surface area contributed by atoms with Gasteiger partial charge in [-0.3, -0.25) is 14.4 Å². The molecule has 0 saturated carbocycles. The third-order valence-electron chi connectivity index (χ3n) is 6.74. The van der Waals surface area contributed by atoms with Crippen LogP contribution in [0.2, 0.25) is 0 Å². The number of nitrogens with one attached hydrogen (secondary N) is 3. The largest absolute Gasteiger partial charge is 0.325 e. The number of hydrogen-bond acceptors (Lipinski definition) is 4. The van der Waals surface area contributed by atoms with Crippen molar-refractivity contribution in [2.24, 2.45) is 0 Å². The van der Waals surface area contributed by atoms with Gasteiger partial charge < -0.3 is 16.0 Å². The van der Waals surface area contributed by atoms with Crippen LogP contribution in [-0.2, 0) is 9.59 Å². The Morgan fingerprint density at radius 2 is 1.27 bits per heavy atom. The Kier molecular flexibility index (Phi) is 10.2. The van der Waals surface area contributed by atoms with Crippen molar-refractivity contribution in [3.63, 3.8) is 0 Å². The van der Waals surface area contributed by atoms with E-state index >= 15 is 0 Å². The molecule has 5 aromatic carbocycles. The van der Waals surface area contributed by atoms with E-state index in [1.165, 1.54) is 42.1 Å². The predicted octanol–water partition coefficient (Wildman–Crippen LogP) is 8.02. The van der Waals surface area contributed by atoms with Gasteiger partial charge in [-0.15, -0.1) is 11.8 Å². The van der Waals surface area contributed by atoms with E-state index in [0.717, 1.165) is 16.0 Å². The summed E-state index contributed by atoms with van der Waals surface area (Å²) in [5.41, 5.74) is 4.08. The molecule has 0 spiro atoms. The lowest BCUT2D eigenvalue weighted by Gasteiger charge is -2.18. The summed E-state index contributed by atoms with van der Waals surface area (Å²) in [5, 5.41) is 7.98. The maximum atomic E-state index is 13.5. The lowest BCUT2D eigenvalue weighted by Crippen LogP contribution is -2.30. The molecule has 5 rings (SSSR count). The topological polar surface area (TPSA) is 87.3 Å². The maximum absolute atomic E-state index is 13.5. The van der Waals surface area contributed by atoms with Crippen molar-refractivity contribution < 1.29 is 18.8 Å². The molecule has 3 amide bonds. The highest BCUT2D eigenvalue weighted by Crippen LogP contribution is 2.36. The Morgan fingerprint density at radius 3 is 1.91 bits per heavy atom. The van der Waals surface area contributed by atoms with Crippen molar-refractivity contribution in [1.82, 2.24) is 5.32 Å². The highest BCUT2D eigenvalue weighted by Gasteiger charge is 2.22. The quantitative estimate of drug-likeness (QED) is 0.110. The van der Waals surface area contributed by atoms with Crippen LogP contribution in [0.4, 0.5) is 15.8 Å². The first kappa shape index (κ1) is 31.0. The first-order valence-corrected chi connectivity index (χ1v) is 15.1. The van der Waals surface area contributed by atoms with Gasteiger partial charge in [0.15, 0.2) is 0 Å². The van der Waals surface area contributed by atoms with Gasteiger partial charge >= 0.3 is 0 Å². The molecule has 0 aliphatic heterocycles. The molecule has 3 N–H and O–H groups in total. The van der Waals surface area contributed by atoms with E-state index in [9.17, 15) is 18.8 Å². The second kappa shape index (κ2) is 14.8. The van der Waals surface area contributed by atoms with Crippen LogP contribution >= 0.6 is 11.8 Å². The summed E-state index contributed by atoms with van der Waals surface area (Å²) in [7, 11) is 0. The summed E-state index contributed by atoms with van der Waals surface area (Å²) < 4.78 is 13.5. The normalized spacial score (nSPS) is 11.7. The third-order valence-corrected chi connectivity index (χ3v) is 8.00. The Bertz CT molecular complexity index is 1790. The minimum atomic E-state index is -0.552. The number of benzene rings is 5. The number of carbonyl (C=O) groups excluding carboxylic acids is 3. The Morgan fingerprint density at radius 1 is 0.689 bits per heavy atom. The molecule has 0 aromatic heterocycles. The second-order valence-electron chi connectivity index (χ2n) is 10.2. The van der Waals surface area contributed by atoms with Crippen molar-refractivity contribution in [1.29, 1.82) is 0 Å². The zero-order valence-corrected chi connectivity index (χ0v) is 25.2. The molecule has 0 saturated heterocycles. The molecule has 5 aromatic rings. The summed E-state index contributed by atoms with van der Waals surface area (Å²) in [6.45, 7) is 1.99. The summed E-state index contributed by atoms with van der Waals surface area (Å²) in [6.07, 6.45) is 1.48. The van der Waals surface area contributed by atoms with E-state index in [4.69, 9.17) is 0 Å². The van der Waals surface area contributed by atoms with Gasteiger partial charge in [0, 0.05) is 21.8 Å². The van der Waals surface area contributed by atoms with Crippen molar-refractivity contribution in [2.75, 3.05) is 10.6 Å². The maximum Gasteiger partial charge on any atom is 0.272 e. The van der Waals surface area contributed by atoms with Gasteiger partial charge in [0.05, 0.1) is 0 Å². The second-order valence-corrected chi connectivity index (χ2v) is 11.4. The fourth-order valence-corrected chi connectivity index (χ4v) is 5.39. The van der Waals surface area contributed by atoms with Crippen LogP contribution in [0, 0.1) is 12.7 Å². The number of rotatable bonds is 10. The first-order chi connectivity index (χ1) is 21.8. The SMILES string of the molecule is Cc1ccc(NC(=O)C(Sc2ccc(NC(=O)/C(=C/c3ccc(F)cc3)NC(=O)c3ccccc3)cc2)c2ccccc2)cc1. The third kappa shape index (κ3) is 8.78. The van der Waals surface area contributed by atoms with E-state index in [1.807, 2.05) is 73.7 Å². The number of halogens is 1. The van der Waals surface area contributed by atoms with E-state index < -0.39 is 22.9 Å². The Hall–Kier alpha value is -5.47. The van der Waals surface area contributed by atoms with Gasteiger partial charge in [-0.05, 0) is 84.8 Å². The summed E-state index contributed by atoms with van der Waals surface area (Å²) in [4.78, 5) is 40.5. The highest BCUT2D eigenvalue weighted by molar-refractivity contribution is 8.00. The van der Waals surface area contributed by atoms with Crippen molar-refractivity contribution in [3.05, 3.63) is 167 Å². The lowest BCUT2D eigenvalue weighted by atomic mass is 10.1. The monoisotopic (exact) mass is 615 g/mol. The Labute approximate surface area is 265 Å². The lowest BCUT2D eigenvalue weighted by molar-refractivity contribution is -0.116. The fraction of sp³-hybridized carbons (Fsp3) is 0.0541. The van der Waals surface area contributed by atoms with Crippen LogP contribution in [-0.4, -0.2) is 17.7 Å². The number of aryl methyl sites for hydroxylation is 1. The molecule has 0 radical (unpaired) electrons. The number of thioether (sulfide) groups is 1. The van der Waals surface area contributed by atoms with Crippen LogP contribution < -0.4 is 16.0 Å². The van der Waals surface area contributed by atoms with Crippen LogP contribution in [0.5, 0.6) is 0 Å². The molecular weight excluding hydrogens is 585 g/mol. The fourth-order valence-electron chi connectivity index (χ4n) is 4.36. The number of anilines is 2.